The highest BCUT2D eigenvalue weighted by Crippen LogP contribution is 2.21. The molecule has 0 aliphatic heterocycles. The van der Waals surface area contributed by atoms with Crippen molar-refractivity contribution < 1.29 is 18.0 Å². The van der Waals surface area contributed by atoms with E-state index in [1.807, 2.05) is 0 Å². The molecule has 0 saturated heterocycles. The number of hydrogen-bond acceptors (Lipinski definition) is 3. The summed E-state index contributed by atoms with van der Waals surface area (Å²) in [5.74, 6) is -0.545. The van der Waals surface area contributed by atoms with Crippen LogP contribution in [0.5, 0.6) is 0 Å². The minimum atomic E-state index is -4.37. The summed E-state index contributed by atoms with van der Waals surface area (Å²) in [5, 5.41) is 0. The summed E-state index contributed by atoms with van der Waals surface area (Å²) < 4.78 is 35.5. The van der Waals surface area contributed by atoms with Gasteiger partial charge in [-0.05, 0) is 14.1 Å². The van der Waals surface area contributed by atoms with Crippen LogP contribution in [-0.2, 0) is 4.79 Å². The maximum absolute atomic E-state index is 11.8. The molecule has 0 aromatic carbocycles. The van der Waals surface area contributed by atoms with Crippen LogP contribution in [0.25, 0.3) is 0 Å². The maximum atomic E-state index is 11.8. The van der Waals surface area contributed by atoms with Crippen molar-refractivity contribution in [2.24, 2.45) is 5.73 Å². The Hall–Kier alpha value is -0.620. The van der Waals surface area contributed by atoms with Gasteiger partial charge in [-0.1, -0.05) is 0 Å². The second-order valence-corrected chi connectivity index (χ2v) is 3.45. The average molecular weight is 212 g/mol. The van der Waals surface area contributed by atoms with Gasteiger partial charge in [0.15, 0.2) is 5.78 Å². The lowest BCUT2D eigenvalue weighted by atomic mass is 10.1. The molecule has 2 N–H and O–H groups in total. The van der Waals surface area contributed by atoms with Crippen molar-refractivity contribution in [2.45, 2.75) is 25.1 Å². The van der Waals surface area contributed by atoms with Gasteiger partial charge in [-0.25, -0.2) is 0 Å². The first-order valence-electron chi connectivity index (χ1n) is 4.22. The second kappa shape index (κ2) is 5.31. The lowest BCUT2D eigenvalue weighted by Gasteiger charge is -2.14. The molecule has 0 aromatic heterocycles. The Labute approximate surface area is 81.1 Å². The van der Waals surface area contributed by atoms with Gasteiger partial charge in [0.25, 0.3) is 0 Å². The molecule has 6 heteroatoms. The fourth-order valence-corrected chi connectivity index (χ4v) is 0.882. The van der Waals surface area contributed by atoms with Gasteiger partial charge in [0.2, 0.25) is 0 Å². The third kappa shape index (κ3) is 6.85. The molecule has 0 aromatic rings. The van der Waals surface area contributed by atoms with Gasteiger partial charge in [-0.3, -0.25) is 4.79 Å². The van der Waals surface area contributed by atoms with Gasteiger partial charge in [0.05, 0.1) is 12.5 Å². The Morgan fingerprint density at radius 1 is 1.43 bits per heavy atom. The van der Waals surface area contributed by atoms with E-state index in [1.165, 1.54) is 0 Å². The Balaban J connectivity index is 3.88. The second-order valence-electron chi connectivity index (χ2n) is 3.45. The summed E-state index contributed by atoms with van der Waals surface area (Å²) >= 11 is 0. The third-order valence-electron chi connectivity index (χ3n) is 1.67. The zero-order valence-corrected chi connectivity index (χ0v) is 8.27. The van der Waals surface area contributed by atoms with E-state index in [0.717, 1.165) is 0 Å². The minimum Gasteiger partial charge on any atom is -0.321 e. The van der Waals surface area contributed by atoms with Crippen LogP contribution >= 0.6 is 0 Å². The summed E-state index contributed by atoms with van der Waals surface area (Å²) in [6, 6.07) is -1.42. The van der Waals surface area contributed by atoms with Crippen LogP contribution in [0, 0.1) is 0 Å². The number of hydrogen-bond donors (Lipinski definition) is 1. The lowest BCUT2D eigenvalue weighted by Crippen LogP contribution is -2.36. The summed E-state index contributed by atoms with van der Waals surface area (Å²) in [7, 11) is 3.48. The van der Waals surface area contributed by atoms with Crippen molar-refractivity contribution >= 4 is 5.78 Å². The van der Waals surface area contributed by atoms with Crippen molar-refractivity contribution in [1.29, 1.82) is 0 Å². The molecule has 84 valence electrons. The van der Waals surface area contributed by atoms with Gasteiger partial charge in [0, 0.05) is 13.0 Å². The Kier molecular flexibility index (Phi) is 5.07. The Morgan fingerprint density at radius 3 is 2.29 bits per heavy atom. The van der Waals surface area contributed by atoms with E-state index in [1.54, 1.807) is 19.0 Å². The van der Waals surface area contributed by atoms with E-state index in [9.17, 15) is 18.0 Å². The van der Waals surface area contributed by atoms with Crippen LogP contribution < -0.4 is 5.73 Å². The molecule has 14 heavy (non-hydrogen) atoms. The van der Waals surface area contributed by atoms with E-state index >= 15 is 0 Å². The quantitative estimate of drug-likeness (QED) is 0.732. The van der Waals surface area contributed by atoms with E-state index in [4.69, 9.17) is 5.73 Å². The van der Waals surface area contributed by atoms with Gasteiger partial charge in [0.1, 0.15) is 0 Å². The Morgan fingerprint density at radius 2 is 1.93 bits per heavy atom. The van der Waals surface area contributed by atoms with Crippen LogP contribution in [0.15, 0.2) is 0 Å². The fourth-order valence-electron chi connectivity index (χ4n) is 0.882. The first-order chi connectivity index (χ1) is 6.22. The largest absolute Gasteiger partial charge is 0.391 e. The zero-order valence-electron chi connectivity index (χ0n) is 8.27. The predicted molar refractivity (Wildman–Crippen MR) is 46.8 cm³/mol. The predicted octanol–water partition coefficient (Wildman–Crippen LogP) is 0.787. The lowest BCUT2D eigenvalue weighted by molar-refractivity contribution is -0.146. The number of nitrogens with zero attached hydrogens (tertiary/aromatic N) is 1. The average Bonchev–Trinajstić information content (AvgIpc) is 1.96. The van der Waals surface area contributed by atoms with Gasteiger partial charge in [-0.2, -0.15) is 13.2 Å². The molecule has 0 rings (SSSR count). The fraction of sp³-hybridized carbons (Fsp3) is 0.875. The highest BCUT2D eigenvalue weighted by Gasteiger charge is 2.32. The maximum Gasteiger partial charge on any atom is 0.391 e. The summed E-state index contributed by atoms with van der Waals surface area (Å²) in [6.45, 7) is 0.421. The molecule has 0 saturated carbocycles. The molecular weight excluding hydrogens is 197 g/mol. The molecule has 0 amide bonds. The van der Waals surface area contributed by atoms with Gasteiger partial charge < -0.3 is 10.6 Å². The van der Waals surface area contributed by atoms with Crippen molar-refractivity contribution in [3.8, 4) is 0 Å². The van der Waals surface area contributed by atoms with Crippen LogP contribution in [-0.4, -0.2) is 43.5 Å². The summed E-state index contributed by atoms with van der Waals surface area (Å²) in [4.78, 5) is 12.8. The highest BCUT2D eigenvalue weighted by molar-refractivity contribution is 5.83. The zero-order chi connectivity index (χ0) is 11.4. The van der Waals surface area contributed by atoms with Crippen LogP contribution in [0.3, 0.4) is 0 Å². The van der Waals surface area contributed by atoms with Crippen LogP contribution in [0.4, 0.5) is 13.2 Å². The monoisotopic (exact) mass is 212 g/mol. The van der Waals surface area contributed by atoms with Gasteiger partial charge in [-0.15, -0.1) is 0 Å². The minimum absolute atomic E-state index is 0.0598. The molecule has 0 radical (unpaired) electrons. The number of halogens is 3. The topological polar surface area (TPSA) is 46.3 Å². The molecule has 3 nitrogen and oxygen atoms in total. The molecule has 0 fully saturated rings. The molecule has 0 heterocycles. The normalized spacial score (nSPS) is 14.5. The molecule has 0 bridgehead atoms. The van der Waals surface area contributed by atoms with Crippen LogP contribution in [0.2, 0.25) is 0 Å². The number of carbonyl (C=O) groups is 1. The number of alkyl halides is 3. The molecule has 1 unspecified atom stereocenters. The number of carbonyl (C=O) groups excluding carboxylic acids is 1. The first-order valence-corrected chi connectivity index (χ1v) is 4.22. The van der Waals surface area contributed by atoms with Crippen molar-refractivity contribution in [3.63, 3.8) is 0 Å². The highest BCUT2D eigenvalue weighted by atomic mass is 19.4. The third-order valence-corrected chi connectivity index (χ3v) is 1.67. The van der Waals surface area contributed by atoms with Crippen LogP contribution in [0.1, 0.15) is 12.8 Å². The van der Waals surface area contributed by atoms with Crippen molar-refractivity contribution in [1.82, 2.24) is 4.90 Å². The Bertz CT molecular complexity index is 192. The number of Topliss-reactive ketones (excluding diaryl/α,β-unsaturated/α-hetero) is 1. The van der Waals surface area contributed by atoms with Crippen molar-refractivity contribution in [3.05, 3.63) is 0 Å². The standard InChI is InChI=1S/C8H15F3N2O/c1-13(2)4-3-7(14)6(12)5-8(9,10)11/h6H,3-5,12H2,1-2H3. The molecule has 1 atom stereocenters. The molecule has 0 aliphatic carbocycles. The molecule has 0 spiro atoms. The number of rotatable bonds is 5. The smallest absolute Gasteiger partial charge is 0.321 e. The molecular formula is C8H15F3N2O. The van der Waals surface area contributed by atoms with E-state index in [-0.39, 0.29) is 6.42 Å². The SMILES string of the molecule is CN(C)CCC(=O)C(N)CC(F)(F)F. The van der Waals surface area contributed by atoms with Gasteiger partial charge >= 0.3 is 6.18 Å². The first kappa shape index (κ1) is 13.4. The summed E-state index contributed by atoms with van der Waals surface area (Å²) in [5.41, 5.74) is 5.10. The van der Waals surface area contributed by atoms with E-state index in [0.29, 0.717) is 6.54 Å². The molecule has 0 aliphatic rings. The number of ketones is 1. The van der Waals surface area contributed by atoms with E-state index in [2.05, 4.69) is 0 Å². The van der Waals surface area contributed by atoms with Crippen molar-refractivity contribution in [2.75, 3.05) is 20.6 Å². The number of nitrogens with two attached hydrogens (primary N) is 1. The summed E-state index contributed by atoms with van der Waals surface area (Å²) in [6.07, 6.45) is -5.54. The van der Waals surface area contributed by atoms with E-state index < -0.39 is 24.4 Å².